The number of H-pyrrole nitrogens is 1. The van der Waals surface area contributed by atoms with Gasteiger partial charge >= 0.3 is 12.2 Å². The third kappa shape index (κ3) is 7.87. The van der Waals surface area contributed by atoms with E-state index in [4.69, 9.17) is 24.2 Å². The number of nitrogens with one attached hydrogen (secondary N) is 3. The van der Waals surface area contributed by atoms with Crippen LogP contribution in [0, 0.1) is 11.8 Å². The Morgan fingerprint density at radius 3 is 1.89 bits per heavy atom. The van der Waals surface area contributed by atoms with Crippen LogP contribution in [0.15, 0.2) is 65.8 Å². The maximum Gasteiger partial charge on any atom is 0.407 e. The molecule has 3 N–H and O–H groups in total. The lowest BCUT2D eigenvalue weighted by Crippen LogP contribution is -2.53. The zero-order chi connectivity index (χ0) is 44.1. The second kappa shape index (κ2) is 17.3. The minimum absolute atomic E-state index is 0.00726. The second-order valence-corrected chi connectivity index (χ2v) is 18.2. The molecule has 5 aliphatic heterocycles. The summed E-state index contributed by atoms with van der Waals surface area (Å²) in [6.45, 7) is 8.91. The molecule has 63 heavy (non-hydrogen) atoms. The van der Waals surface area contributed by atoms with Gasteiger partial charge in [-0.2, -0.15) is 0 Å². The smallest absolute Gasteiger partial charge is 0.407 e. The van der Waals surface area contributed by atoms with Gasteiger partial charge in [0.15, 0.2) is 0 Å². The molecule has 6 heterocycles. The van der Waals surface area contributed by atoms with Crippen LogP contribution >= 0.6 is 0 Å². The van der Waals surface area contributed by atoms with E-state index in [2.05, 4.69) is 70.2 Å². The van der Waals surface area contributed by atoms with Gasteiger partial charge < -0.3 is 39.6 Å². The topological polar surface area (TPSA) is 168 Å². The highest BCUT2D eigenvalue weighted by molar-refractivity contribution is 6.01. The number of imidazole rings is 1. The number of methoxy groups -OCH3 is 2. The molecule has 330 valence electrons. The lowest BCUT2D eigenvalue weighted by Gasteiger charge is -2.30. The van der Waals surface area contributed by atoms with Crippen molar-refractivity contribution in [2.24, 2.45) is 16.8 Å². The first-order chi connectivity index (χ1) is 30.4. The van der Waals surface area contributed by atoms with Crippen LogP contribution in [0.4, 0.5) is 15.3 Å². The van der Waals surface area contributed by atoms with Crippen molar-refractivity contribution in [2.75, 3.05) is 27.3 Å². The van der Waals surface area contributed by atoms with E-state index in [1.807, 2.05) is 43.7 Å². The van der Waals surface area contributed by atoms with Crippen LogP contribution in [0.1, 0.15) is 107 Å². The van der Waals surface area contributed by atoms with E-state index >= 15 is 0 Å². The zero-order valence-electron chi connectivity index (χ0n) is 36.9. The lowest BCUT2D eigenvalue weighted by molar-refractivity contribution is -0.135. The molecule has 9 rings (SSSR count). The van der Waals surface area contributed by atoms with Crippen molar-refractivity contribution in [3.8, 4) is 33.5 Å². The predicted molar refractivity (Wildman–Crippen MR) is 238 cm³/mol. The molecule has 4 amide bonds. The number of fused-ring (bicyclic) bond motifs is 6. The number of nitrogens with zero attached hydrogens (tertiary/aromatic N) is 4. The number of carbonyl (C=O) groups is 4. The Hall–Kier alpha value is -6.02. The molecule has 5 aliphatic rings. The van der Waals surface area contributed by atoms with Crippen molar-refractivity contribution in [1.29, 1.82) is 0 Å². The molecule has 0 spiro atoms. The second-order valence-electron chi connectivity index (χ2n) is 18.2. The Morgan fingerprint density at radius 2 is 1.27 bits per heavy atom. The van der Waals surface area contributed by atoms with E-state index in [-0.39, 0.29) is 47.9 Å². The Balaban J connectivity index is 0.918. The molecule has 2 bridgehead atoms. The monoisotopic (exact) mass is 855 g/mol. The number of amides is 4. The maximum atomic E-state index is 13.8. The summed E-state index contributed by atoms with van der Waals surface area (Å²) >= 11 is 0. The van der Waals surface area contributed by atoms with Crippen LogP contribution in [0.5, 0.6) is 0 Å². The first-order valence-corrected chi connectivity index (χ1v) is 22.4. The van der Waals surface area contributed by atoms with Gasteiger partial charge in [0.2, 0.25) is 11.8 Å². The number of aromatic nitrogens is 2. The lowest BCUT2D eigenvalue weighted by atomic mass is 9.82. The molecule has 3 aromatic carbocycles. The molecular formula is C49H57N7O7. The van der Waals surface area contributed by atoms with Crippen LogP contribution < -0.4 is 10.6 Å². The Bertz CT molecular complexity index is 2460. The molecule has 3 saturated heterocycles. The average molecular weight is 856 g/mol. The van der Waals surface area contributed by atoms with Crippen molar-refractivity contribution < 1.29 is 33.4 Å². The summed E-state index contributed by atoms with van der Waals surface area (Å²) in [5.41, 5.74) is 12.0. The Kier molecular flexibility index (Phi) is 11.6. The van der Waals surface area contributed by atoms with Crippen molar-refractivity contribution in [1.82, 2.24) is 30.4 Å². The summed E-state index contributed by atoms with van der Waals surface area (Å²) < 4.78 is 16.2. The third-order valence-electron chi connectivity index (χ3n) is 13.6. The van der Waals surface area contributed by atoms with Gasteiger partial charge in [-0.3, -0.25) is 14.6 Å². The number of benzene rings is 3. The molecule has 3 fully saturated rings. The maximum absolute atomic E-state index is 13.8. The first-order valence-electron chi connectivity index (χ1n) is 22.4. The molecule has 0 saturated carbocycles. The van der Waals surface area contributed by atoms with E-state index < -0.39 is 24.3 Å². The van der Waals surface area contributed by atoms with E-state index in [0.717, 1.165) is 89.3 Å². The van der Waals surface area contributed by atoms with Gasteiger partial charge in [-0.1, -0.05) is 70.2 Å². The summed E-state index contributed by atoms with van der Waals surface area (Å²) in [7, 11) is 2.61. The minimum atomic E-state index is -0.696. The number of rotatable bonds is 11. The highest BCUT2D eigenvalue weighted by Crippen LogP contribution is 2.56. The number of hydrogen-bond donors (Lipinski definition) is 3. The SMILES string of the molecule is COC(=O)N[C@H](C(=O)N1CCCC1C1=Nc2ccc(-c3ccc(-c4ccc(-c5cnc(C6CCCN6C(=O)[C@@H](NC(=O)OC)C(C)C)[nH]5)c5c4C4CCC5O4)cc3)cc2C1)C(C)C. The third-order valence-corrected chi connectivity index (χ3v) is 13.6. The summed E-state index contributed by atoms with van der Waals surface area (Å²) in [5.74, 6) is 0.308. The van der Waals surface area contributed by atoms with Crippen LogP contribution in [0.25, 0.3) is 33.5 Å². The Morgan fingerprint density at radius 1 is 0.714 bits per heavy atom. The van der Waals surface area contributed by atoms with E-state index in [9.17, 15) is 19.2 Å². The number of alkyl carbamates (subject to hydrolysis) is 2. The fourth-order valence-corrected chi connectivity index (χ4v) is 10.4. The van der Waals surface area contributed by atoms with Gasteiger partial charge in [-0.25, -0.2) is 14.6 Å². The molecule has 6 atom stereocenters. The highest BCUT2D eigenvalue weighted by Gasteiger charge is 2.43. The van der Waals surface area contributed by atoms with Crippen LogP contribution in [0.2, 0.25) is 0 Å². The molecule has 4 aromatic rings. The standard InChI is InChI=1S/C49H57N7O7/c1-26(2)43(53-48(59)61-5)46(57)55-21-7-9-37(55)35-24-31-23-30(15-18-34(31)51-35)28-11-13-29(14-12-28)32-16-17-33(42-40-20-19-39(63-40)41(32)42)36-25-50-45(52-36)38-10-8-22-56(38)47(58)44(27(3)4)54-49(60)62-6/h11-18,23,25-27,37-40,43-44H,7-10,19-22,24H2,1-6H3,(H,50,52)(H,53,59)(H,54,60)/t37?,38?,39?,40?,43-,44-/m0/s1. The van der Waals surface area contributed by atoms with Crippen molar-refractivity contribution >= 4 is 35.4 Å². The number of aliphatic imine (C=N–C) groups is 1. The summed E-state index contributed by atoms with van der Waals surface area (Å²) in [6, 6.07) is 17.9. The number of hydrogen-bond acceptors (Lipinski definition) is 9. The van der Waals surface area contributed by atoms with E-state index in [0.29, 0.717) is 19.5 Å². The van der Waals surface area contributed by atoms with Crippen molar-refractivity contribution in [2.45, 2.75) is 109 Å². The van der Waals surface area contributed by atoms with Gasteiger partial charge in [0.1, 0.15) is 17.9 Å². The number of carbonyl (C=O) groups excluding carboxylic acids is 4. The zero-order valence-corrected chi connectivity index (χ0v) is 36.9. The molecule has 0 aliphatic carbocycles. The van der Waals surface area contributed by atoms with Crippen LogP contribution in [-0.2, 0) is 30.2 Å². The van der Waals surface area contributed by atoms with Gasteiger partial charge in [-0.15, -0.1) is 0 Å². The predicted octanol–water partition coefficient (Wildman–Crippen LogP) is 8.36. The molecule has 4 unspecified atom stereocenters. The fourth-order valence-electron chi connectivity index (χ4n) is 10.4. The quantitative estimate of drug-likeness (QED) is 0.135. The molecule has 14 nitrogen and oxygen atoms in total. The number of ether oxygens (including phenoxy) is 3. The van der Waals surface area contributed by atoms with Gasteiger partial charge in [0.05, 0.1) is 56.1 Å². The largest absolute Gasteiger partial charge is 0.453 e. The fraction of sp³-hybridized carbons (Fsp3) is 0.469. The average Bonchev–Trinajstić information content (AvgIpc) is 4.16. The van der Waals surface area contributed by atoms with E-state index in [1.165, 1.54) is 30.9 Å². The first kappa shape index (κ1) is 42.3. The molecular weight excluding hydrogens is 799 g/mol. The summed E-state index contributed by atoms with van der Waals surface area (Å²) in [4.78, 5) is 68.8. The van der Waals surface area contributed by atoms with Crippen molar-refractivity contribution in [3.05, 3.63) is 83.3 Å². The Labute approximate surface area is 368 Å². The van der Waals surface area contributed by atoms with E-state index in [1.54, 1.807) is 0 Å². The normalized spacial score (nSPS) is 21.9. The van der Waals surface area contributed by atoms with Crippen LogP contribution in [0.3, 0.4) is 0 Å². The molecule has 14 heteroatoms. The summed E-state index contributed by atoms with van der Waals surface area (Å²) in [6.07, 6.45) is 6.65. The van der Waals surface area contributed by atoms with Crippen LogP contribution in [-0.4, -0.2) is 94.9 Å². The number of likely N-dealkylation sites (tertiary alicyclic amines) is 2. The highest BCUT2D eigenvalue weighted by atomic mass is 16.5. The van der Waals surface area contributed by atoms with Gasteiger partial charge in [-0.05, 0) is 101 Å². The minimum Gasteiger partial charge on any atom is -0.453 e. The summed E-state index contributed by atoms with van der Waals surface area (Å²) in [5, 5.41) is 5.47. The van der Waals surface area contributed by atoms with Gasteiger partial charge in [0, 0.05) is 30.8 Å². The van der Waals surface area contributed by atoms with Gasteiger partial charge in [0.25, 0.3) is 0 Å². The molecule has 1 aromatic heterocycles. The van der Waals surface area contributed by atoms with Crippen molar-refractivity contribution in [3.63, 3.8) is 0 Å². The molecule has 0 radical (unpaired) electrons. The number of aromatic amines is 1.